The number of aryl methyl sites for hydroxylation is 4. The number of aliphatic carboxylic acids is 1. The van der Waals surface area contributed by atoms with Crippen molar-refractivity contribution in [2.75, 3.05) is 0 Å². The van der Waals surface area contributed by atoms with Crippen LogP contribution in [-0.4, -0.2) is 146 Å². The number of carbonyl (C=O) groups is 13. The molecule has 9 atom stereocenters. The van der Waals surface area contributed by atoms with Crippen LogP contribution >= 0.6 is 39.1 Å². The predicted octanol–water partition coefficient (Wildman–Crippen LogP) is 18.5. The van der Waals surface area contributed by atoms with Gasteiger partial charge in [0.1, 0.15) is 57.5 Å². The minimum Gasteiger partial charge on any atom is -0.482 e. The molecular formula is C101H85BrCl2O26. The van der Waals surface area contributed by atoms with E-state index in [0.717, 1.165) is 44.9 Å². The number of Topliss-reactive ketones (excluding diaryl/α,β-unsaturated/α-hetero) is 11. The van der Waals surface area contributed by atoms with Gasteiger partial charge in [-0.1, -0.05) is 144 Å². The molecule has 0 amide bonds. The van der Waals surface area contributed by atoms with Crippen LogP contribution in [0.4, 0.5) is 0 Å². The van der Waals surface area contributed by atoms with Gasteiger partial charge in [-0.15, -0.1) is 0 Å². The predicted molar refractivity (Wildman–Crippen MR) is 480 cm³/mol. The van der Waals surface area contributed by atoms with Gasteiger partial charge >= 0.3 is 18.2 Å². The molecule has 21 rings (SSSR count). The number of hydrogen-bond donors (Lipinski definition) is 2. The second-order valence-electron chi connectivity index (χ2n) is 30.9. The summed E-state index contributed by atoms with van der Waals surface area (Å²) >= 11 is 14.6. The van der Waals surface area contributed by atoms with Gasteiger partial charge in [0.25, 0.3) is 6.29 Å². The minimum atomic E-state index is -1.30. The molecule has 0 aromatic heterocycles. The van der Waals surface area contributed by atoms with Crippen LogP contribution in [0, 0.1) is 27.7 Å². The molecule has 0 saturated heterocycles. The van der Waals surface area contributed by atoms with E-state index in [-0.39, 0.29) is 94.5 Å². The molecule has 29 heteroatoms. The van der Waals surface area contributed by atoms with Gasteiger partial charge in [-0.25, -0.2) is 0 Å². The third kappa shape index (κ3) is 22.1. The summed E-state index contributed by atoms with van der Waals surface area (Å²) in [6.45, 7) is 19.8. The molecule has 666 valence electrons. The van der Waals surface area contributed by atoms with E-state index in [1.807, 2.05) is 119 Å². The summed E-state index contributed by atoms with van der Waals surface area (Å²) in [6.07, 6.45) is -5.97. The number of ether oxygens (including phenoxy) is 11. The SMILES string of the molecule is CC(=O)OC1Oc2ccccc2C1=O.CC1(C)Oc2ccccc2C1=O.CC1Oc2ccc(Cl)cc2C1=O.CC1Oc2ccccc2C1=O.Cc1cc(C)c2c(c1)C(=O)C(C)O2.Cc1ccc2c(c1)C(=O)C(Br)O2.Cc1ccc2c(c1)C(=O)C(C)O2.O=C(O)CC1Oc2ccc(Cl)cc2C1=O.O=C(c1ccccc1)C1Oc2ccccc2C1=O.O=C1c2ccccc2OC1O. The van der Waals surface area contributed by atoms with Crippen molar-refractivity contribution in [1.82, 2.24) is 0 Å². The Morgan fingerprint density at radius 3 is 1.25 bits per heavy atom. The minimum absolute atomic E-state index is 0.00694. The van der Waals surface area contributed by atoms with Crippen LogP contribution in [0.2, 0.25) is 10.0 Å². The van der Waals surface area contributed by atoms with Crippen LogP contribution in [0.15, 0.2) is 237 Å². The monoisotopic (exact) mass is 1860 g/mol. The standard InChI is InChI=1S/C15H10O3.C11H12O2.C10H7ClO4.C10H8O4.2C10H10O2.C9H7BrO2.C9H7ClO2.C9H8O2.C8H6O3/c16-13(10-6-2-1-3-7-10)15-14(17)11-8-4-5-9-12(11)18-15;1-6-4-7(2)11-9(5-6)10(12)8(3)13-11;11-5-1-2-7-6(3-5)10(14)8(15-7)4-9(12)13;1-6(11)13-10-9(12)7-4-2-3-5-8(7)14-10;1-6-3-4-9-8(5-6)10(11)7(2)12-9;1-10(2)9(11)7-5-3-4-6-8(7)12-10;1-5-2-3-7-6(4-5)8(11)9(10)12-7;1-5-9(11)7-4-6(10)2-3-8(7)12-5;1-6-9(10)7-4-2-3-5-8(7)11-6;9-7-5-3-1-2-4-6(5)11-8(7)10/h1-9,15H;4-5,8H,1-3H3;1-3,8H,4H2,(H,12,13);2-5,10H,1H3;3-5,7H,1-2H3;3-6H,1-2H3;2-4,9H,1H3;2-5H,1H3;2-6H,1H3;1-4,8,10H. The van der Waals surface area contributed by atoms with Gasteiger partial charge in [0.2, 0.25) is 74.7 Å². The first-order valence-corrected chi connectivity index (χ1v) is 42.3. The average Bonchev–Trinajstić information content (AvgIpc) is 1.61. The van der Waals surface area contributed by atoms with Crippen molar-refractivity contribution in [2.24, 2.45) is 0 Å². The lowest BCUT2D eigenvalue weighted by Crippen LogP contribution is -2.31. The van der Waals surface area contributed by atoms with Gasteiger partial charge in [-0.2, -0.15) is 0 Å². The maximum absolute atomic E-state index is 12.2. The number of para-hydroxylation sites is 5. The molecule has 0 saturated carbocycles. The van der Waals surface area contributed by atoms with Crippen molar-refractivity contribution >= 4 is 115 Å². The van der Waals surface area contributed by atoms with E-state index in [9.17, 15) is 62.3 Å². The van der Waals surface area contributed by atoms with Gasteiger partial charge in [-0.3, -0.25) is 62.3 Å². The molecule has 10 heterocycles. The van der Waals surface area contributed by atoms with Crippen LogP contribution in [0.25, 0.3) is 0 Å². The topological polar surface area (TPSA) is 364 Å². The van der Waals surface area contributed by atoms with Gasteiger partial charge in [0, 0.05) is 22.5 Å². The van der Waals surface area contributed by atoms with E-state index in [1.54, 1.807) is 181 Å². The third-order valence-corrected chi connectivity index (χ3v) is 21.6. The van der Waals surface area contributed by atoms with Crippen LogP contribution in [-0.2, 0) is 14.3 Å². The third-order valence-electron chi connectivity index (χ3n) is 20.6. The Kier molecular flexibility index (Phi) is 30.1. The molecule has 0 fully saturated rings. The molecule has 0 bridgehead atoms. The van der Waals surface area contributed by atoms with Gasteiger partial charge in [0.05, 0.1) is 62.1 Å². The maximum Gasteiger partial charge on any atom is 0.308 e. The molecule has 130 heavy (non-hydrogen) atoms. The number of aliphatic hydroxyl groups is 1. The van der Waals surface area contributed by atoms with E-state index >= 15 is 0 Å². The summed E-state index contributed by atoms with van der Waals surface area (Å²) < 4.78 is 57.3. The highest BCUT2D eigenvalue weighted by Gasteiger charge is 2.42. The molecule has 0 spiro atoms. The second kappa shape index (κ2) is 41.2. The molecule has 0 aliphatic carbocycles. The Morgan fingerprint density at radius 2 is 0.762 bits per heavy atom. The Balaban J connectivity index is 0.000000131. The van der Waals surface area contributed by atoms with Crippen molar-refractivity contribution in [3.8, 4) is 57.5 Å². The summed E-state index contributed by atoms with van der Waals surface area (Å²) in [6, 6.07) is 68.8. The lowest BCUT2D eigenvalue weighted by molar-refractivity contribution is -0.154. The van der Waals surface area contributed by atoms with Gasteiger partial charge in [-0.05, 0) is 224 Å². The zero-order chi connectivity index (χ0) is 93.9. The molecule has 26 nitrogen and oxygen atoms in total. The zero-order valence-electron chi connectivity index (χ0n) is 71.7. The first kappa shape index (κ1) is 94.9. The Hall–Kier alpha value is -14.3. The zero-order valence-corrected chi connectivity index (χ0v) is 74.8. The number of halogens is 3. The fourth-order valence-corrected chi connectivity index (χ4v) is 14.9. The number of benzene rings is 11. The molecule has 11 aromatic carbocycles. The Labute approximate surface area is 764 Å². The van der Waals surface area contributed by atoms with Crippen molar-refractivity contribution in [2.45, 2.75) is 142 Å². The van der Waals surface area contributed by atoms with Gasteiger partial charge in [0.15, 0.2) is 36.1 Å². The molecule has 0 radical (unpaired) electrons. The molecule has 11 aromatic rings. The number of ketones is 11. The van der Waals surface area contributed by atoms with Crippen molar-refractivity contribution in [3.05, 3.63) is 330 Å². The quantitative estimate of drug-likeness (QED) is 0.0699. The molecule has 9 unspecified atom stereocenters. The largest absolute Gasteiger partial charge is 0.482 e. The number of carboxylic acids is 1. The number of alkyl halides is 1. The molecular weight excluding hydrogens is 1780 g/mol. The molecule has 2 N–H and O–H groups in total. The lowest BCUT2D eigenvalue weighted by atomic mass is 10.0. The van der Waals surface area contributed by atoms with E-state index in [1.165, 1.54) is 13.0 Å². The van der Waals surface area contributed by atoms with Gasteiger partial charge < -0.3 is 62.3 Å². The second-order valence-corrected chi connectivity index (χ2v) is 32.6. The van der Waals surface area contributed by atoms with Crippen LogP contribution in [0.3, 0.4) is 0 Å². The van der Waals surface area contributed by atoms with Crippen molar-refractivity contribution in [1.29, 1.82) is 0 Å². The summed E-state index contributed by atoms with van der Waals surface area (Å²) in [5.41, 5.74) is 10.0. The molecule has 10 aliphatic rings. The van der Waals surface area contributed by atoms with E-state index in [4.69, 9.17) is 85.5 Å². The van der Waals surface area contributed by atoms with Crippen LogP contribution < -0.4 is 47.4 Å². The summed E-state index contributed by atoms with van der Waals surface area (Å²) in [7, 11) is 0. The Bertz CT molecular complexity index is 6090. The fourth-order valence-electron chi connectivity index (χ4n) is 14.1. The highest BCUT2D eigenvalue weighted by Crippen LogP contribution is 2.40. The number of carbonyl (C=O) groups excluding carboxylic acids is 12. The van der Waals surface area contributed by atoms with E-state index in [0.29, 0.717) is 106 Å². The normalized spacial score (nSPS) is 19.5. The van der Waals surface area contributed by atoms with Crippen molar-refractivity contribution in [3.63, 3.8) is 0 Å². The van der Waals surface area contributed by atoms with Crippen LogP contribution in [0.5, 0.6) is 57.5 Å². The van der Waals surface area contributed by atoms with E-state index in [2.05, 4.69) is 15.9 Å². The number of fused-ring (bicyclic) bond motifs is 10. The highest BCUT2D eigenvalue weighted by molar-refractivity contribution is 9.09. The summed E-state index contributed by atoms with van der Waals surface area (Å²) in [4.78, 5) is 148. The number of hydrogen-bond acceptors (Lipinski definition) is 25. The summed E-state index contributed by atoms with van der Waals surface area (Å²) in [5, 5.41) is 18.0. The van der Waals surface area contributed by atoms with Crippen LogP contribution in [0.1, 0.15) is 191 Å². The molecule has 10 aliphatic heterocycles. The number of aliphatic hydroxyl groups excluding tert-OH is 1. The number of rotatable bonds is 5. The van der Waals surface area contributed by atoms with E-state index < -0.39 is 47.3 Å². The highest BCUT2D eigenvalue weighted by atomic mass is 79.9. The Morgan fingerprint density at radius 1 is 0.377 bits per heavy atom. The smallest absolute Gasteiger partial charge is 0.308 e. The summed E-state index contributed by atoms with van der Waals surface area (Å²) in [5.74, 6) is 3.23. The first-order chi connectivity index (χ1) is 61.9. The lowest BCUT2D eigenvalue weighted by Gasteiger charge is -2.14. The number of esters is 1. The van der Waals surface area contributed by atoms with Crippen molar-refractivity contribution < 1.29 is 125 Å². The average molecular weight is 1870 g/mol. The first-order valence-electron chi connectivity index (χ1n) is 40.7. The number of carboxylic acid groups (broad SMARTS) is 1. The maximum atomic E-state index is 12.2. The fraction of sp³-hybridized carbons (Fsp3) is 0.218.